The van der Waals surface area contributed by atoms with Gasteiger partial charge in [0.2, 0.25) is 0 Å². The summed E-state index contributed by atoms with van der Waals surface area (Å²) in [5.41, 5.74) is 4.14. The second kappa shape index (κ2) is 3.83. The number of carbonyl (C=O) groups is 1. The van der Waals surface area contributed by atoms with Gasteiger partial charge in [-0.15, -0.1) is 0 Å². The summed E-state index contributed by atoms with van der Waals surface area (Å²) in [4.78, 5) is 10.9. The number of hydrogen-bond acceptors (Lipinski definition) is 2. The summed E-state index contributed by atoms with van der Waals surface area (Å²) in [6.07, 6.45) is 1.88. The van der Waals surface area contributed by atoms with E-state index in [1.165, 1.54) is 6.08 Å². The molecule has 1 rings (SSSR count). The van der Waals surface area contributed by atoms with Crippen molar-refractivity contribution in [3.63, 3.8) is 0 Å². The van der Waals surface area contributed by atoms with E-state index in [4.69, 9.17) is 10.5 Å². The molecule has 1 amide bonds. The highest BCUT2D eigenvalue weighted by Gasteiger charge is 2.45. The van der Waals surface area contributed by atoms with Crippen molar-refractivity contribution >= 4 is 6.09 Å². The molecule has 0 aromatic rings. The van der Waals surface area contributed by atoms with Crippen molar-refractivity contribution in [3.8, 4) is 0 Å². The SMILES string of the molecule is CC(C)(C)C1(OC(N)=O)CC=C(F)CC1. The monoisotopic (exact) mass is 215 g/mol. The van der Waals surface area contributed by atoms with Crippen LogP contribution in [0.5, 0.6) is 0 Å². The van der Waals surface area contributed by atoms with Crippen molar-refractivity contribution < 1.29 is 13.9 Å². The van der Waals surface area contributed by atoms with Gasteiger partial charge in [0.05, 0.1) is 5.83 Å². The molecule has 4 heteroatoms. The predicted octanol–water partition coefficient (Wildman–Crippen LogP) is 2.90. The first-order valence-electron chi connectivity index (χ1n) is 5.10. The third kappa shape index (κ3) is 2.49. The van der Waals surface area contributed by atoms with Gasteiger partial charge < -0.3 is 10.5 Å². The van der Waals surface area contributed by atoms with E-state index in [-0.39, 0.29) is 11.2 Å². The lowest BCUT2D eigenvalue weighted by Crippen LogP contribution is -2.48. The largest absolute Gasteiger partial charge is 0.442 e. The van der Waals surface area contributed by atoms with E-state index < -0.39 is 11.7 Å². The number of amides is 1. The molecule has 1 aliphatic rings. The molecule has 2 N–H and O–H groups in total. The molecule has 0 saturated heterocycles. The molecule has 3 nitrogen and oxygen atoms in total. The van der Waals surface area contributed by atoms with Crippen molar-refractivity contribution in [1.82, 2.24) is 0 Å². The molecule has 0 spiro atoms. The fraction of sp³-hybridized carbons (Fsp3) is 0.727. The van der Waals surface area contributed by atoms with Gasteiger partial charge in [-0.25, -0.2) is 9.18 Å². The quantitative estimate of drug-likeness (QED) is 0.731. The summed E-state index contributed by atoms with van der Waals surface area (Å²) >= 11 is 0. The molecule has 1 aliphatic carbocycles. The summed E-state index contributed by atoms with van der Waals surface area (Å²) in [5, 5.41) is 0. The number of carbonyl (C=O) groups excluding carboxylic acids is 1. The number of primary amides is 1. The van der Waals surface area contributed by atoms with Gasteiger partial charge in [0.25, 0.3) is 0 Å². The van der Waals surface area contributed by atoms with E-state index in [1.807, 2.05) is 20.8 Å². The van der Waals surface area contributed by atoms with Crippen LogP contribution in [0.3, 0.4) is 0 Å². The number of halogens is 1. The summed E-state index contributed by atoms with van der Waals surface area (Å²) < 4.78 is 18.2. The van der Waals surface area contributed by atoms with Crippen LogP contribution in [0.1, 0.15) is 40.0 Å². The minimum Gasteiger partial charge on any atom is -0.442 e. The lowest BCUT2D eigenvalue weighted by Gasteiger charge is -2.44. The Morgan fingerprint density at radius 2 is 2.20 bits per heavy atom. The Bertz CT molecular complexity index is 293. The molecule has 0 saturated carbocycles. The Balaban J connectivity index is 2.94. The molecule has 0 bridgehead atoms. The highest BCUT2D eigenvalue weighted by atomic mass is 19.1. The summed E-state index contributed by atoms with van der Waals surface area (Å²) in [6, 6.07) is 0. The highest BCUT2D eigenvalue weighted by molar-refractivity contribution is 5.65. The van der Waals surface area contributed by atoms with Crippen LogP contribution >= 0.6 is 0 Å². The molecule has 15 heavy (non-hydrogen) atoms. The Labute approximate surface area is 89.5 Å². The fourth-order valence-corrected chi connectivity index (χ4v) is 1.92. The van der Waals surface area contributed by atoms with Gasteiger partial charge in [0.1, 0.15) is 5.60 Å². The third-order valence-electron chi connectivity index (χ3n) is 3.08. The maximum atomic E-state index is 12.9. The van der Waals surface area contributed by atoms with Crippen molar-refractivity contribution in [2.45, 2.75) is 45.6 Å². The molecular weight excluding hydrogens is 197 g/mol. The maximum absolute atomic E-state index is 12.9. The standard InChI is InChI=1S/C11H18FNO2/c1-10(2,3)11(15-9(13)14)6-4-8(12)5-7-11/h4H,5-7H2,1-3H3,(H2,13,14). The molecular formula is C11H18FNO2. The zero-order valence-electron chi connectivity index (χ0n) is 9.47. The first kappa shape index (κ1) is 12.0. The number of nitrogens with two attached hydrogens (primary N) is 1. The van der Waals surface area contributed by atoms with E-state index in [0.717, 1.165) is 0 Å². The third-order valence-corrected chi connectivity index (χ3v) is 3.08. The Hall–Kier alpha value is -1.06. The van der Waals surface area contributed by atoms with E-state index in [2.05, 4.69) is 0 Å². The van der Waals surface area contributed by atoms with Crippen LogP contribution in [-0.4, -0.2) is 11.7 Å². The van der Waals surface area contributed by atoms with Crippen molar-refractivity contribution in [2.24, 2.45) is 11.1 Å². The predicted molar refractivity (Wildman–Crippen MR) is 55.9 cm³/mol. The Morgan fingerprint density at radius 1 is 1.60 bits per heavy atom. The average Bonchev–Trinajstić information content (AvgIpc) is 2.06. The second-order valence-electron chi connectivity index (χ2n) is 5.02. The molecule has 0 aromatic heterocycles. The molecule has 0 aliphatic heterocycles. The minimum absolute atomic E-state index is 0.136. The average molecular weight is 215 g/mol. The summed E-state index contributed by atoms with van der Waals surface area (Å²) in [7, 11) is 0. The lowest BCUT2D eigenvalue weighted by atomic mass is 9.69. The molecule has 0 fully saturated rings. The summed E-state index contributed by atoms with van der Waals surface area (Å²) in [6.45, 7) is 5.90. The maximum Gasteiger partial charge on any atom is 0.405 e. The van der Waals surface area contributed by atoms with E-state index in [0.29, 0.717) is 19.3 Å². The first-order valence-corrected chi connectivity index (χ1v) is 5.10. The summed E-state index contributed by atoms with van der Waals surface area (Å²) in [5.74, 6) is -0.136. The Morgan fingerprint density at radius 3 is 2.53 bits per heavy atom. The molecule has 86 valence electrons. The highest BCUT2D eigenvalue weighted by Crippen LogP contribution is 2.44. The van der Waals surface area contributed by atoms with Gasteiger partial charge in [0, 0.05) is 18.3 Å². The lowest BCUT2D eigenvalue weighted by molar-refractivity contribution is -0.0731. The number of hydrogen-bond donors (Lipinski definition) is 1. The smallest absolute Gasteiger partial charge is 0.405 e. The van der Waals surface area contributed by atoms with E-state index in [1.54, 1.807) is 0 Å². The van der Waals surface area contributed by atoms with Gasteiger partial charge in [-0.1, -0.05) is 20.8 Å². The minimum atomic E-state index is -0.791. The molecule has 0 aromatic carbocycles. The van der Waals surface area contributed by atoms with Gasteiger partial charge in [-0.2, -0.15) is 0 Å². The van der Waals surface area contributed by atoms with E-state index in [9.17, 15) is 9.18 Å². The van der Waals surface area contributed by atoms with Crippen LogP contribution in [-0.2, 0) is 4.74 Å². The van der Waals surface area contributed by atoms with Crippen LogP contribution in [0.2, 0.25) is 0 Å². The van der Waals surface area contributed by atoms with E-state index >= 15 is 0 Å². The first-order chi connectivity index (χ1) is 6.77. The van der Waals surface area contributed by atoms with Crippen LogP contribution in [0.4, 0.5) is 9.18 Å². The van der Waals surface area contributed by atoms with Crippen LogP contribution in [0, 0.1) is 5.41 Å². The van der Waals surface area contributed by atoms with Crippen LogP contribution in [0.15, 0.2) is 11.9 Å². The van der Waals surface area contributed by atoms with Crippen molar-refractivity contribution in [2.75, 3.05) is 0 Å². The van der Waals surface area contributed by atoms with Gasteiger partial charge in [-0.05, 0) is 12.5 Å². The molecule has 0 radical (unpaired) electrons. The Kier molecular flexibility index (Phi) is 3.07. The van der Waals surface area contributed by atoms with Crippen molar-refractivity contribution in [3.05, 3.63) is 11.9 Å². The number of allylic oxidation sites excluding steroid dienone is 1. The zero-order chi connectivity index (χ0) is 11.7. The topological polar surface area (TPSA) is 52.3 Å². The molecule has 1 atom stereocenters. The fourth-order valence-electron chi connectivity index (χ4n) is 1.92. The molecule has 1 unspecified atom stereocenters. The van der Waals surface area contributed by atoms with Crippen LogP contribution in [0.25, 0.3) is 0 Å². The number of ether oxygens (including phenoxy) is 1. The zero-order valence-corrected chi connectivity index (χ0v) is 9.47. The van der Waals surface area contributed by atoms with Gasteiger partial charge in [-0.3, -0.25) is 0 Å². The molecule has 0 heterocycles. The number of rotatable bonds is 1. The van der Waals surface area contributed by atoms with Crippen molar-refractivity contribution in [1.29, 1.82) is 0 Å². The van der Waals surface area contributed by atoms with Gasteiger partial charge >= 0.3 is 6.09 Å². The van der Waals surface area contributed by atoms with Crippen LogP contribution < -0.4 is 5.73 Å². The van der Waals surface area contributed by atoms with Gasteiger partial charge in [0.15, 0.2) is 0 Å². The normalized spacial score (nSPS) is 27.1. The second-order valence-corrected chi connectivity index (χ2v) is 5.02.